The number of ether oxygens (including phenoxy) is 2. The minimum absolute atomic E-state index is 0.00937. The highest BCUT2D eigenvalue weighted by atomic mass is 35.5. The fraction of sp³-hybridized carbons (Fsp3) is 0.436. The summed E-state index contributed by atoms with van der Waals surface area (Å²) < 4.78 is 14.5. The summed E-state index contributed by atoms with van der Waals surface area (Å²) >= 11 is 6.70. The summed E-state index contributed by atoms with van der Waals surface area (Å²) in [5.74, 6) is 0.666. The zero-order valence-corrected chi connectivity index (χ0v) is 31.5. The second-order valence-electron chi connectivity index (χ2n) is 14.6. The largest absolute Gasteiger partial charge is 0.497 e. The van der Waals surface area contributed by atoms with Crippen molar-refractivity contribution in [2.75, 3.05) is 30.1 Å². The van der Waals surface area contributed by atoms with Gasteiger partial charge in [0.05, 0.1) is 39.2 Å². The fourth-order valence-corrected chi connectivity index (χ4v) is 13.0. The molecule has 1 aromatic heterocycles. The number of aryl methyl sites for hydroxylation is 1. The van der Waals surface area contributed by atoms with Crippen molar-refractivity contribution in [2.45, 2.75) is 82.5 Å². The highest BCUT2D eigenvalue weighted by molar-refractivity contribution is 6.91. The van der Waals surface area contributed by atoms with Gasteiger partial charge in [-0.05, 0) is 72.8 Å². The molecule has 268 valence electrons. The Labute approximate surface area is 305 Å². The number of benzene rings is 3. The molecule has 0 unspecified atom stereocenters. The number of aromatic nitrogens is 3. The van der Waals surface area contributed by atoms with Gasteiger partial charge in [0.15, 0.2) is 5.60 Å². The zero-order valence-electron chi connectivity index (χ0n) is 29.7. The predicted molar refractivity (Wildman–Crippen MR) is 200 cm³/mol. The standard InChI is InChI=1S/C39H46ClN5O5Si/c1-26-37(51(3,4)32-14-12-31(49-2)13-15-32)35(17-20-43-25-29(18-21-46)41-42-43)50-39(26)33-23-28(40)11-16-34(33)45(38(39)48)24-27-8-7-9-30(22-27)44-19-6-5-10-36(44)47/h7-9,11-16,22-23,25-26,35,37,46H,5-6,10,17-21,24H2,1-4H3/t26-,35+,37-,39+/m0/s1. The zero-order chi connectivity index (χ0) is 35.9. The van der Waals surface area contributed by atoms with Gasteiger partial charge in [0, 0.05) is 60.9 Å². The third kappa shape index (κ3) is 6.39. The van der Waals surface area contributed by atoms with Gasteiger partial charge in [-0.3, -0.25) is 14.3 Å². The molecule has 4 aromatic rings. The highest BCUT2D eigenvalue weighted by Crippen LogP contribution is 2.60. The van der Waals surface area contributed by atoms with Crippen LogP contribution in [0, 0.1) is 5.92 Å². The van der Waals surface area contributed by atoms with Gasteiger partial charge in [-0.2, -0.15) is 0 Å². The van der Waals surface area contributed by atoms with Gasteiger partial charge in [0.2, 0.25) is 5.91 Å². The Hall–Kier alpha value is -4.03. The van der Waals surface area contributed by atoms with Crippen molar-refractivity contribution in [1.29, 1.82) is 0 Å². The topological polar surface area (TPSA) is 110 Å². The van der Waals surface area contributed by atoms with E-state index < -0.39 is 13.7 Å². The molecule has 1 N–H and O–H groups in total. The Balaban J connectivity index is 1.26. The minimum Gasteiger partial charge on any atom is -0.497 e. The second-order valence-corrected chi connectivity index (χ2v) is 19.7. The van der Waals surface area contributed by atoms with Crippen LogP contribution in [-0.4, -0.2) is 66.4 Å². The normalized spacial score (nSPS) is 23.4. The molecule has 0 saturated carbocycles. The molecule has 0 aliphatic carbocycles. The van der Waals surface area contributed by atoms with Crippen LogP contribution in [0.25, 0.3) is 0 Å². The van der Waals surface area contributed by atoms with Crippen molar-refractivity contribution < 1.29 is 24.2 Å². The van der Waals surface area contributed by atoms with Crippen LogP contribution in [0.15, 0.2) is 72.9 Å². The number of halogens is 1. The maximum Gasteiger partial charge on any atom is 0.264 e. The van der Waals surface area contributed by atoms with Gasteiger partial charge >= 0.3 is 0 Å². The molecule has 0 radical (unpaired) electrons. The van der Waals surface area contributed by atoms with Gasteiger partial charge in [-0.25, -0.2) is 0 Å². The van der Waals surface area contributed by atoms with Crippen LogP contribution in [0.5, 0.6) is 5.75 Å². The molecule has 3 aliphatic rings. The average molecular weight is 728 g/mol. The molecule has 4 heterocycles. The Morgan fingerprint density at radius 3 is 2.63 bits per heavy atom. The third-order valence-corrected chi connectivity index (χ3v) is 15.9. The summed E-state index contributed by atoms with van der Waals surface area (Å²) in [6, 6.07) is 22.0. The van der Waals surface area contributed by atoms with Gasteiger partial charge in [-0.1, -0.05) is 66.3 Å². The van der Waals surface area contributed by atoms with Crippen LogP contribution in [0.1, 0.15) is 49.4 Å². The molecule has 12 heteroatoms. The molecule has 2 fully saturated rings. The third-order valence-electron chi connectivity index (χ3n) is 11.3. The molecular weight excluding hydrogens is 682 g/mol. The van der Waals surface area contributed by atoms with E-state index in [4.69, 9.17) is 21.1 Å². The maximum atomic E-state index is 15.2. The van der Waals surface area contributed by atoms with Gasteiger partial charge in [0.1, 0.15) is 5.75 Å². The molecule has 10 nitrogen and oxygen atoms in total. The summed E-state index contributed by atoms with van der Waals surface area (Å²) in [4.78, 5) is 31.7. The second kappa shape index (κ2) is 14.2. The number of amides is 2. The first-order valence-electron chi connectivity index (χ1n) is 17.9. The van der Waals surface area contributed by atoms with E-state index >= 15 is 4.79 Å². The number of hydrogen-bond donors (Lipinski definition) is 1. The number of nitrogens with zero attached hydrogens (tertiary/aromatic N) is 5. The molecule has 0 bridgehead atoms. The van der Waals surface area contributed by atoms with Crippen molar-refractivity contribution in [2.24, 2.45) is 5.92 Å². The first kappa shape index (κ1) is 35.4. The number of methoxy groups -OCH3 is 1. The number of carbonyl (C=O) groups excluding carboxylic acids is 2. The lowest BCUT2D eigenvalue weighted by Gasteiger charge is -2.37. The Bertz CT molecular complexity index is 1920. The molecule has 2 saturated heterocycles. The number of carbonyl (C=O) groups is 2. The van der Waals surface area contributed by atoms with Crippen LogP contribution >= 0.6 is 11.6 Å². The van der Waals surface area contributed by atoms with Gasteiger partial charge < -0.3 is 24.4 Å². The van der Waals surface area contributed by atoms with Crippen molar-refractivity contribution in [3.63, 3.8) is 0 Å². The minimum atomic E-state index is -2.34. The summed E-state index contributed by atoms with van der Waals surface area (Å²) in [5, 5.41) is 19.8. The first-order valence-corrected chi connectivity index (χ1v) is 21.4. The van der Waals surface area contributed by atoms with E-state index in [2.05, 4.69) is 42.5 Å². The van der Waals surface area contributed by atoms with Crippen LogP contribution in [-0.2, 0) is 39.4 Å². The number of piperidine rings is 1. The molecule has 7 rings (SSSR count). The lowest BCUT2D eigenvalue weighted by atomic mass is 9.82. The molecule has 1 spiro atoms. The Morgan fingerprint density at radius 2 is 1.88 bits per heavy atom. The van der Waals surface area contributed by atoms with Gasteiger partial charge in [-0.15, -0.1) is 5.10 Å². The quantitative estimate of drug-likeness (QED) is 0.193. The van der Waals surface area contributed by atoms with Crippen molar-refractivity contribution in [1.82, 2.24) is 15.0 Å². The van der Waals surface area contributed by atoms with E-state index in [0.29, 0.717) is 43.9 Å². The molecule has 2 amide bonds. The SMILES string of the molecule is COc1ccc([Si](C)(C)[C@@H]2[C@@H](CCn3cc(CCO)nn3)O[C@]3(C(=O)N(Cc4cccc(N5CCCCC5=O)c4)c4ccc(Cl)cc43)[C@H]2C)cc1. The summed E-state index contributed by atoms with van der Waals surface area (Å²) in [6.45, 7) is 8.50. The molecule has 4 atom stereocenters. The summed E-state index contributed by atoms with van der Waals surface area (Å²) in [5.41, 5.74) is 2.94. The monoisotopic (exact) mass is 727 g/mol. The first-order chi connectivity index (χ1) is 24.6. The van der Waals surface area contributed by atoms with E-state index in [0.717, 1.165) is 46.8 Å². The number of anilines is 2. The van der Waals surface area contributed by atoms with Crippen molar-refractivity contribution in [3.8, 4) is 5.75 Å². The van der Waals surface area contributed by atoms with Crippen molar-refractivity contribution in [3.05, 3.63) is 94.8 Å². The molecular formula is C39H46ClN5O5Si. The Kier molecular flexibility index (Phi) is 9.83. The van der Waals surface area contributed by atoms with E-state index in [1.54, 1.807) is 11.8 Å². The average Bonchev–Trinajstić information content (AvgIpc) is 3.77. The molecule has 3 aliphatic heterocycles. The lowest BCUT2D eigenvalue weighted by molar-refractivity contribution is -0.146. The fourth-order valence-electron chi connectivity index (χ4n) is 8.73. The predicted octanol–water partition coefficient (Wildman–Crippen LogP) is 5.84. The Morgan fingerprint density at radius 1 is 1.08 bits per heavy atom. The van der Waals surface area contributed by atoms with E-state index in [9.17, 15) is 9.90 Å². The molecule has 3 aromatic carbocycles. The van der Waals surface area contributed by atoms with E-state index in [-0.39, 0.29) is 36.0 Å². The van der Waals surface area contributed by atoms with Crippen LogP contribution in [0.4, 0.5) is 11.4 Å². The van der Waals surface area contributed by atoms with Crippen LogP contribution in [0.2, 0.25) is 23.7 Å². The maximum absolute atomic E-state index is 15.2. The number of hydrogen-bond acceptors (Lipinski definition) is 7. The molecule has 51 heavy (non-hydrogen) atoms. The summed E-state index contributed by atoms with van der Waals surface area (Å²) in [7, 11) is -0.671. The highest BCUT2D eigenvalue weighted by Gasteiger charge is 2.66. The van der Waals surface area contributed by atoms with Gasteiger partial charge in [0.25, 0.3) is 5.91 Å². The smallest absolute Gasteiger partial charge is 0.264 e. The van der Waals surface area contributed by atoms with E-state index in [1.165, 1.54) is 5.19 Å². The lowest BCUT2D eigenvalue weighted by Crippen LogP contribution is -2.51. The van der Waals surface area contributed by atoms with Crippen LogP contribution < -0.4 is 19.7 Å². The van der Waals surface area contributed by atoms with E-state index in [1.807, 2.05) is 70.6 Å². The van der Waals surface area contributed by atoms with Crippen LogP contribution in [0.3, 0.4) is 0 Å². The number of aliphatic hydroxyl groups is 1. The number of rotatable bonds is 11. The summed E-state index contributed by atoms with van der Waals surface area (Å²) in [6.07, 6.45) is 5.12. The number of fused-ring (bicyclic) bond motifs is 2. The number of aliphatic hydroxyl groups excluding tert-OH is 1. The van der Waals surface area contributed by atoms with Crippen molar-refractivity contribution >= 4 is 48.1 Å².